The molecule has 2 aromatic rings. The molecule has 2 atom stereocenters. The number of hydrogen-bond acceptors (Lipinski definition) is 5. The normalized spacial score (nSPS) is 13.6. The fourth-order valence-corrected chi connectivity index (χ4v) is 4.66. The first-order chi connectivity index (χ1) is 16.5. The van der Waals surface area contributed by atoms with Crippen molar-refractivity contribution in [2.45, 2.75) is 52.6 Å². The summed E-state index contributed by atoms with van der Waals surface area (Å²) in [5.41, 5.74) is 5.41. The van der Waals surface area contributed by atoms with E-state index in [0.29, 0.717) is 22.7 Å². The number of alkyl halides is 3. The van der Waals surface area contributed by atoms with Gasteiger partial charge in [-0.2, -0.15) is 13.2 Å². The van der Waals surface area contributed by atoms with E-state index in [0.717, 1.165) is 0 Å². The Hall–Kier alpha value is -3.28. The second kappa shape index (κ2) is 11.2. The average Bonchev–Trinajstić information content (AvgIpc) is 2.77. The van der Waals surface area contributed by atoms with Gasteiger partial charge in [0.15, 0.2) is 0 Å². The van der Waals surface area contributed by atoms with Crippen molar-refractivity contribution < 1.29 is 31.2 Å². The van der Waals surface area contributed by atoms with E-state index < -0.39 is 22.1 Å². The van der Waals surface area contributed by atoms with Gasteiger partial charge in [-0.15, -0.1) is 0 Å². The number of sulfonamides is 1. The summed E-state index contributed by atoms with van der Waals surface area (Å²) in [6.07, 6.45) is -5.04. The van der Waals surface area contributed by atoms with Crippen LogP contribution in [0.1, 0.15) is 38.8 Å². The van der Waals surface area contributed by atoms with Crippen molar-refractivity contribution in [2.24, 2.45) is 17.8 Å². The van der Waals surface area contributed by atoms with Crippen molar-refractivity contribution in [3.8, 4) is 0 Å². The van der Waals surface area contributed by atoms with E-state index in [1.54, 1.807) is 19.9 Å². The molecule has 0 fully saturated rings. The molecule has 8 nitrogen and oxygen atoms in total. The molecule has 4 N–H and O–H groups in total. The molecule has 0 saturated heterocycles. The highest BCUT2D eigenvalue weighted by Crippen LogP contribution is 2.28. The highest BCUT2D eigenvalue weighted by molar-refractivity contribution is 7.92. The number of nitrogens with one attached hydrogen (secondary N) is 4. The van der Waals surface area contributed by atoms with Crippen LogP contribution in [0.15, 0.2) is 41.3 Å². The number of hydrazine groups is 1. The topological polar surface area (TPSA) is 116 Å². The molecule has 12 heteroatoms. The summed E-state index contributed by atoms with van der Waals surface area (Å²) in [6.45, 7) is 11.3. The van der Waals surface area contributed by atoms with Crippen molar-refractivity contribution in [3.63, 3.8) is 0 Å². The smallest absolute Gasteiger partial charge is 0.326 e. The minimum atomic E-state index is -5.04. The number of hydrogen-bond donors (Lipinski definition) is 4. The van der Waals surface area contributed by atoms with Crippen molar-refractivity contribution in [3.05, 3.63) is 47.5 Å². The predicted octanol–water partition coefficient (Wildman–Crippen LogP) is 4.98. The fraction of sp³-hybridized carbons (Fsp3) is 0.417. The second-order valence-corrected chi connectivity index (χ2v) is 10.7. The van der Waals surface area contributed by atoms with Gasteiger partial charge in [0.25, 0.3) is 10.0 Å². The second-order valence-electron chi connectivity index (χ2n) is 9.07. The number of aryl methyl sites for hydroxylation is 2. The zero-order valence-electron chi connectivity index (χ0n) is 20.9. The van der Waals surface area contributed by atoms with E-state index in [9.17, 15) is 31.2 Å². The minimum Gasteiger partial charge on any atom is -0.326 e. The van der Waals surface area contributed by atoms with Crippen LogP contribution < -0.4 is 20.9 Å². The standard InChI is InChI=1S/C24H31F3N4O4S/c1-13(2)16(5)17(6)22(32)28-20-12-21(15(4)11-14(20)3)36(34,35)31-19-9-7-18(8-10-19)29-30-23(33)24(25,26)27/h7-13,16-17,29,31H,1-6H3,(H,28,32)(H,30,33). The molecule has 0 bridgehead atoms. The number of carbonyl (C=O) groups is 2. The highest BCUT2D eigenvalue weighted by atomic mass is 32.2. The zero-order chi connectivity index (χ0) is 27.4. The highest BCUT2D eigenvalue weighted by Gasteiger charge is 2.38. The van der Waals surface area contributed by atoms with Gasteiger partial charge in [0, 0.05) is 17.3 Å². The Bertz CT molecular complexity index is 1210. The molecule has 2 amide bonds. The maximum Gasteiger partial charge on any atom is 0.472 e. The van der Waals surface area contributed by atoms with Gasteiger partial charge < -0.3 is 5.32 Å². The predicted molar refractivity (Wildman–Crippen MR) is 133 cm³/mol. The Morgan fingerprint density at radius 3 is 1.97 bits per heavy atom. The Morgan fingerprint density at radius 1 is 0.889 bits per heavy atom. The van der Waals surface area contributed by atoms with Crippen LogP contribution in [0.3, 0.4) is 0 Å². The molecule has 2 rings (SSSR count). The number of carbonyl (C=O) groups excluding carboxylic acids is 2. The largest absolute Gasteiger partial charge is 0.472 e. The van der Waals surface area contributed by atoms with Crippen molar-refractivity contribution in [1.82, 2.24) is 5.43 Å². The summed E-state index contributed by atoms with van der Waals surface area (Å²) in [5, 5.41) is 2.84. The van der Waals surface area contributed by atoms with Gasteiger partial charge in [0.2, 0.25) is 5.91 Å². The van der Waals surface area contributed by atoms with E-state index in [1.807, 2.05) is 27.7 Å². The van der Waals surface area contributed by atoms with Crippen LogP contribution in [0.25, 0.3) is 0 Å². The number of rotatable bonds is 9. The monoisotopic (exact) mass is 528 g/mol. The average molecular weight is 529 g/mol. The van der Waals surface area contributed by atoms with Crippen LogP contribution in [0.4, 0.5) is 30.2 Å². The summed E-state index contributed by atoms with van der Waals surface area (Å²) < 4.78 is 65.4. The maximum absolute atomic E-state index is 13.1. The van der Waals surface area contributed by atoms with Crippen LogP contribution >= 0.6 is 0 Å². The van der Waals surface area contributed by atoms with Gasteiger partial charge in [-0.25, -0.2) is 8.42 Å². The first-order valence-electron chi connectivity index (χ1n) is 11.2. The molecule has 0 heterocycles. The van der Waals surface area contributed by atoms with E-state index in [1.165, 1.54) is 35.8 Å². The van der Waals surface area contributed by atoms with Gasteiger partial charge in [-0.05, 0) is 67.1 Å². The molecule has 0 aromatic heterocycles. The first-order valence-corrected chi connectivity index (χ1v) is 12.7. The zero-order valence-corrected chi connectivity index (χ0v) is 21.7. The van der Waals surface area contributed by atoms with E-state index >= 15 is 0 Å². The Kier molecular flexibility index (Phi) is 9.00. The minimum absolute atomic E-state index is 0.0346. The Balaban J connectivity index is 2.20. The lowest BCUT2D eigenvalue weighted by atomic mass is 9.85. The van der Waals surface area contributed by atoms with Crippen LogP contribution in [-0.2, 0) is 19.6 Å². The molecule has 0 spiro atoms. The molecule has 0 saturated carbocycles. The summed E-state index contributed by atoms with van der Waals surface area (Å²) in [7, 11) is -4.07. The van der Waals surface area contributed by atoms with Crippen molar-refractivity contribution in [1.29, 1.82) is 0 Å². The van der Waals surface area contributed by atoms with Gasteiger partial charge in [-0.1, -0.05) is 33.8 Å². The van der Waals surface area contributed by atoms with Crippen LogP contribution in [0.5, 0.6) is 0 Å². The lowest BCUT2D eigenvalue weighted by Gasteiger charge is -2.23. The lowest BCUT2D eigenvalue weighted by Crippen LogP contribution is -2.40. The Morgan fingerprint density at radius 2 is 1.44 bits per heavy atom. The van der Waals surface area contributed by atoms with Gasteiger partial charge >= 0.3 is 12.1 Å². The third kappa shape index (κ3) is 7.36. The summed E-state index contributed by atoms with van der Waals surface area (Å²) in [5.74, 6) is -2.23. The fourth-order valence-electron chi connectivity index (χ4n) is 3.35. The van der Waals surface area contributed by atoms with E-state index in [4.69, 9.17) is 0 Å². The lowest BCUT2D eigenvalue weighted by molar-refractivity contribution is -0.173. The molecule has 0 radical (unpaired) electrons. The Labute approximate surface area is 209 Å². The number of anilines is 3. The third-order valence-corrected chi connectivity index (χ3v) is 7.56. The molecule has 198 valence electrons. The van der Waals surface area contributed by atoms with Crippen LogP contribution in [0, 0.1) is 31.6 Å². The molecule has 2 aromatic carbocycles. The molecular weight excluding hydrogens is 497 g/mol. The van der Waals surface area contributed by atoms with Gasteiger partial charge in [-0.3, -0.25) is 25.2 Å². The van der Waals surface area contributed by atoms with Crippen molar-refractivity contribution >= 4 is 38.9 Å². The van der Waals surface area contributed by atoms with E-state index in [-0.39, 0.29) is 34.0 Å². The molecular formula is C24H31F3N4O4S. The SMILES string of the molecule is Cc1cc(C)c(S(=O)(=O)Nc2ccc(NNC(=O)C(F)(F)F)cc2)cc1NC(=O)C(C)C(C)C(C)C. The number of halogens is 3. The third-order valence-electron chi connectivity index (χ3n) is 6.04. The first kappa shape index (κ1) is 29.0. The summed E-state index contributed by atoms with van der Waals surface area (Å²) in [6, 6.07) is 8.29. The van der Waals surface area contributed by atoms with Gasteiger partial charge in [0.1, 0.15) is 0 Å². The molecule has 0 aliphatic heterocycles. The molecule has 0 aliphatic carbocycles. The maximum atomic E-state index is 13.1. The van der Waals surface area contributed by atoms with E-state index in [2.05, 4.69) is 15.5 Å². The molecule has 36 heavy (non-hydrogen) atoms. The summed E-state index contributed by atoms with van der Waals surface area (Å²) in [4.78, 5) is 23.6. The summed E-state index contributed by atoms with van der Waals surface area (Å²) >= 11 is 0. The van der Waals surface area contributed by atoms with Gasteiger partial charge in [0.05, 0.1) is 10.6 Å². The quantitative estimate of drug-likeness (QED) is 0.343. The van der Waals surface area contributed by atoms with Crippen LogP contribution in [0.2, 0.25) is 0 Å². The van der Waals surface area contributed by atoms with Crippen molar-refractivity contribution in [2.75, 3.05) is 15.5 Å². The van der Waals surface area contributed by atoms with Crippen LogP contribution in [-0.4, -0.2) is 26.4 Å². The number of benzene rings is 2. The number of amides is 2. The molecule has 0 aliphatic rings. The molecule has 2 unspecified atom stereocenters.